The zero-order valence-electron chi connectivity index (χ0n) is 10.3. The first kappa shape index (κ1) is 15.3. The third kappa shape index (κ3) is 3.52. The molecule has 0 aliphatic carbocycles. The highest BCUT2D eigenvalue weighted by molar-refractivity contribution is 9.10. The average Bonchev–Trinajstić information content (AvgIpc) is 2.77. The van der Waals surface area contributed by atoms with Crippen LogP contribution in [0.15, 0.2) is 34.1 Å². The molecule has 108 valence electrons. The lowest BCUT2D eigenvalue weighted by atomic mass is 10.1. The molecule has 1 aromatic carbocycles. The number of rotatable bonds is 3. The molecule has 0 amide bonds. The quantitative estimate of drug-likeness (QED) is 0.671. The Morgan fingerprint density at radius 1 is 1.25 bits per heavy atom. The molecule has 20 heavy (non-hydrogen) atoms. The standard InChI is InChI=1S/C13H10BrF4NS/c1-7(12-5-9(14)6-20-12)19-11-4-8(13(16,17)18)2-3-10(11)15/h2-7,19H,1H3. The Morgan fingerprint density at radius 3 is 2.50 bits per heavy atom. The van der Waals surface area contributed by atoms with Crippen molar-refractivity contribution in [1.29, 1.82) is 0 Å². The average molecular weight is 368 g/mol. The number of thiophene rings is 1. The molecule has 0 bridgehead atoms. The van der Waals surface area contributed by atoms with Crippen LogP contribution in [-0.4, -0.2) is 0 Å². The van der Waals surface area contributed by atoms with Gasteiger partial charge in [0.25, 0.3) is 0 Å². The van der Waals surface area contributed by atoms with E-state index >= 15 is 0 Å². The lowest BCUT2D eigenvalue weighted by Gasteiger charge is -2.16. The van der Waals surface area contributed by atoms with Crippen molar-refractivity contribution in [2.75, 3.05) is 5.32 Å². The van der Waals surface area contributed by atoms with Crippen molar-refractivity contribution in [2.24, 2.45) is 0 Å². The van der Waals surface area contributed by atoms with Gasteiger partial charge >= 0.3 is 6.18 Å². The van der Waals surface area contributed by atoms with E-state index in [2.05, 4.69) is 21.2 Å². The summed E-state index contributed by atoms with van der Waals surface area (Å²) in [7, 11) is 0. The molecule has 0 aliphatic heterocycles. The van der Waals surface area contributed by atoms with Crippen molar-refractivity contribution >= 4 is 33.0 Å². The first-order valence-electron chi connectivity index (χ1n) is 5.64. The van der Waals surface area contributed by atoms with E-state index in [-0.39, 0.29) is 11.7 Å². The minimum atomic E-state index is -4.49. The Hall–Kier alpha value is -1.08. The molecule has 0 aliphatic rings. The van der Waals surface area contributed by atoms with Gasteiger partial charge in [-0.05, 0) is 47.1 Å². The lowest BCUT2D eigenvalue weighted by molar-refractivity contribution is -0.137. The summed E-state index contributed by atoms with van der Waals surface area (Å²) in [5, 5.41) is 4.62. The second-order valence-electron chi connectivity index (χ2n) is 4.23. The van der Waals surface area contributed by atoms with Gasteiger partial charge in [0.15, 0.2) is 0 Å². The molecule has 1 aromatic heterocycles. The topological polar surface area (TPSA) is 12.0 Å². The van der Waals surface area contributed by atoms with Crippen LogP contribution in [0.5, 0.6) is 0 Å². The van der Waals surface area contributed by atoms with E-state index < -0.39 is 17.6 Å². The van der Waals surface area contributed by atoms with Crippen LogP contribution >= 0.6 is 27.3 Å². The number of alkyl halides is 3. The van der Waals surface area contributed by atoms with Crippen LogP contribution < -0.4 is 5.32 Å². The number of hydrogen-bond donors (Lipinski definition) is 1. The van der Waals surface area contributed by atoms with Gasteiger partial charge in [-0.3, -0.25) is 0 Å². The smallest absolute Gasteiger partial charge is 0.375 e. The van der Waals surface area contributed by atoms with Gasteiger partial charge in [-0.25, -0.2) is 4.39 Å². The highest BCUT2D eigenvalue weighted by Gasteiger charge is 2.31. The van der Waals surface area contributed by atoms with E-state index in [1.807, 2.05) is 11.4 Å². The van der Waals surface area contributed by atoms with Crippen molar-refractivity contribution in [1.82, 2.24) is 0 Å². The maximum Gasteiger partial charge on any atom is 0.416 e. The number of halogens is 5. The first-order chi connectivity index (χ1) is 9.27. The van der Waals surface area contributed by atoms with Crippen LogP contribution in [-0.2, 0) is 6.18 Å². The fourth-order valence-corrected chi connectivity index (χ4v) is 3.13. The largest absolute Gasteiger partial charge is 0.416 e. The molecule has 0 spiro atoms. The zero-order chi connectivity index (χ0) is 14.9. The van der Waals surface area contributed by atoms with Gasteiger partial charge in [-0.15, -0.1) is 11.3 Å². The Bertz CT molecular complexity index is 609. The van der Waals surface area contributed by atoms with Crippen molar-refractivity contribution in [2.45, 2.75) is 19.1 Å². The van der Waals surface area contributed by atoms with Crippen LogP contribution in [0, 0.1) is 5.82 Å². The summed E-state index contributed by atoms with van der Waals surface area (Å²) in [6.07, 6.45) is -4.49. The Balaban J connectivity index is 2.24. The van der Waals surface area contributed by atoms with Gasteiger partial charge in [-0.1, -0.05) is 0 Å². The predicted molar refractivity (Wildman–Crippen MR) is 75.5 cm³/mol. The van der Waals surface area contributed by atoms with E-state index in [1.54, 1.807) is 6.92 Å². The Morgan fingerprint density at radius 2 is 1.95 bits per heavy atom. The van der Waals surface area contributed by atoms with Crippen LogP contribution in [0.2, 0.25) is 0 Å². The van der Waals surface area contributed by atoms with E-state index in [0.29, 0.717) is 0 Å². The molecular formula is C13H10BrF4NS. The first-order valence-corrected chi connectivity index (χ1v) is 7.32. The van der Waals surface area contributed by atoms with Crippen LogP contribution in [0.4, 0.5) is 23.2 Å². The van der Waals surface area contributed by atoms with Crippen LogP contribution in [0.3, 0.4) is 0 Å². The zero-order valence-corrected chi connectivity index (χ0v) is 12.7. The summed E-state index contributed by atoms with van der Waals surface area (Å²) in [6, 6.07) is 3.89. The van der Waals surface area contributed by atoms with Crippen molar-refractivity contribution < 1.29 is 17.6 Å². The van der Waals surface area contributed by atoms with E-state index in [9.17, 15) is 17.6 Å². The maximum absolute atomic E-state index is 13.6. The summed E-state index contributed by atoms with van der Waals surface area (Å²) >= 11 is 4.74. The minimum Gasteiger partial charge on any atom is -0.375 e. The highest BCUT2D eigenvalue weighted by Crippen LogP contribution is 2.34. The summed E-state index contributed by atoms with van der Waals surface area (Å²) in [4.78, 5) is 0.897. The Kier molecular flexibility index (Phi) is 4.39. The SMILES string of the molecule is CC(Nc1cc(C(F)(F)F)ccc1F)c1cc(Br)cs1. The normalized spacial score (nSPS) is 13.3. The van der Waals surface area contributed by atoms with Crippen LogP contribution in [0.1, 0.15) is 23.4 Å². The van der Waals surface area contributed by atoms with Crippen molar-refractivity contribution in [3.8, 4) is 0 Å². The van der Waals surface area contributed by atoms with E-state index in [1.165, 1.54) is 11.3 Å². The van der Waals surface area contributed by atoms with Gasteiger partial charge < -0.3 is 5.32 Å². The van der Waals surface area contributed by atoms with E-state index in [4.69, 9.17) is 0 Å². The summed E-state index contributed by atoms with van der Waals surface area (Å²) < 4.78 is 52.3. The van der Waals surface area contributed by atoms with Gasteiger partial charge in [0.05, 0.1) is 17.3 Å². The molecule has 1 nitrogen and oxygen atoms in total. The molecule has 1 unspecified atom stereocenters. The molecule has 2 rings (SSSR count). The summed E-state index contributed by atoms with van der Waals surface area (Å²) in [5.74, 6) is -0.708. The molecule has 0 saturated heterocycles. The van der Waals surface area contributed by atoms with E-state index in [0.717, 1.165) is 27.5 Å². The molecule has 0 saturated carbocycles. The fourth-order valence-electron chi connectivity index (χ4n) is 1.67. The Labute approximate surface area is 125 Å². The third-order valence-corrected chi connectivity index (χ3v) is 4.56. The fraction of sp³-hybridized carbons (Fsp3) is 0.231. The van der Waals surface area contributed by atoms with Gasteiger partial charge in [0.1, 0.15) is 5.82 Å². The minimum absolute atomic E-state index is 0.156. The second kappa shape index (κ2) is 5.73. The number of benzene rings is 1. The predicted octanol–water partition coefficient (Wildman–Crippen LogP) is 5.84. The van der Waals surface area contributed by atoms with Gasteiger partial charge in [0, 0.05) is 14.7 Å². The molecule has 2 aromatic rings. The molecule has 1 N–H and O–H groups in total. The van der Waals surface area contributed by atoms with Gasteiger partial charge in [-0.2, -0.15) is 13.2 Å². The molecule has 0 radical (unpaired) electrons. The monoisotopic (exact) mass is 367 g/mol. The summed E-state index contributed by atoms with van der Waals surface area (Å²) in [5.41, 5.74) is -1.03. The van der Waals surface area contributed by atoms with Gasteiger partial charge in [0.2, 0.25) is 0 Å². The highest BCUT2D eigenvalue weighted by atomic mass is 79.9. The van der Waals surface area contributed by atoms with Crippen molar-refractivity contribution in [3.63, 3.8) is 0 Å². The lowest BCUT2D eigenvalue weighted by Crippen LogP contribution is -2.10. The number of nitrogens with one attached hydrogen (secondary N) is 1. The summed E-state index contributed by atoms with van der Waals surface area (Å²) in [6.45, 7) is 1.76. The second-order valence-corrected chi connectivity index (χ2v) is 6.08. The molecule has 7 heteroatoms. The number of hydrogen-bond acceptors (Lipinski definition) is 2. The molecule has 1 atom stereocenters. The number of anilines is 1. The van der Waals surface area contributed by atoms with Crippen LogP contribution in [0.25, 0.3) is 0 Å². The maximum atomic E-state index is 13.6. The molecule has 1 heterocycles. The molecule has 0 fully saturated rings. The third-order valence-electron chi connectivity index (χ3n) is 2.68. The molecular weight excluding hydrogens is 358 g/mol. The van der Waals surface area contributed by atoms with Crippen molar-refractivity contribution in [3.05, 3.63) is 50.4 Å².